The van der Waals surface area contributed by atoms with Gasteiger partial charge in [0.1, 0.15) is 0 Å². The summed E-state index contributed by atoms with van der Waals surface area (Å²) in [6, 6.07) is 10.8. The summed E-state index contributed by atoms with van der Waals surface area (Å²) in [6.07, 6.45) is 5.63. The Morgan fingerprint density at radius 1 is 1.13 bits per heavy atom. The van der Waals surface area contributed by atoms with Crippen molar-refractivity contribution < 1.29 is 9.53 Å². The molecule has 23 heavy (non-hydrogen) atoms. The first-order valence-corrected chi connectivity index (χ1v) is 8.95. The van der Waals surface area contributed by atoms with Crippen molar-refractivity contribution in [2.24, 2.45) is 11.8 Å². The Bertz CT molecular complexity index is 477. The van der Waals surface area contributed by atoms with Gasteiger partial charge in [-0.25, -0.2) is 4.79 Å². The summed E-state index contributed by atoms with van der Waals surface area (Å²) in [5.41, 5.74) is 1.41. The Hall–Kier alpha value is -1.55. The Morgan fingerprint density at radius 2 is 1.91 bits per heavy atom. The summed E-state index contributed by atoms with van der Waals surface area (Å²) in [7, 11) is 0. The number of hydrogen-bond donors (Lipinski definition) is 1. The monoisotopic (exact) mass is 316 g/mol. The van der Waals surface area contributed by atoms with Gasteiger partial charge in [-0.2, -0.15) is 0 Å². The van der Waals surface area contributed by atoms with Crippen molar-refractivity contribution in [1.82, 2.24) is 10.2 Å². The molecule has 0 aliphatic carbocycles. The fourth-order valence-electron chi connectivity index (χ4n) is 3.60. The zero-order valence-electron chi connectivity index (χ0n) is 13.9. The van der Waals surface area contributed by atoms with Gasteiger partial charge in [-0.15, -0.1) is 0 Å². The third kappa shape index (κ3) is 4.96. The van der Waals surface area contributed by atoms with Crippen LogP contribution in [0.4, 0.5) is 4.79 Å². The number of hydrogen-bond acceptors (Lipinski definition) is 2. The number of carbonyl (C=O) groups excluding carboxylic acids is 1. The van der Waals surface area contributed by atoms with E-state index in [9.17, 15) is 4.79 Å². The van der Waals surface area contributed by atoms with Gasteiger partial charge in [0.2, 0.25) is 0 Å². The molecule has 126 valence electrons. The van der Waals surface area contributed by atoms with E-state index in [1.54, 1.807) is 0 Å². The van der Waals surface area contributed by atoms with Crippen molar-refractivity contribution in [3.8, 4) is 0 Å². The van der Waals surface area contributed by atoms with Gasteiger partial charge in [0, 0.05) is 26.2 Å². The molecule has 0 spiro atoms. The molecule has 2 heterocycles. The van der Waals surface area contributed by atoms with E-state index in [1.807, 2.05) is 4.90 Å². The lowest BCUT2D eigenvalue weighted by molar-refractivity contribution is 0.0549. The van der Waals surface area contributed by atoms with E-state index in [1.165, 1.54) is 12.0 Å². The minimum Gasteiger partial charge on any atom is -0.381 e. The van der Waals surface area contributed by atoms with E-state index in [0.29, 0.717) is 11.8 Å². The molecule has 1 unspecified atom stereocenters. The molecular weight excluding hydrogens is 288 g/mol. The number of urea groups is 1. The highest BCUT2D eigenvalue weighted by Gasteiger charge is 2.23. The van der Waals surface area contributed by atoms with E-state index in [-0.39, 0.29) is 6.03 Å². The fraction of sp³-hybridized carbons (Fsp3) is 0.632. The SMILES string of the molecule is O=C(NCC1CCCOC1)N1CCC(Cc2ccccc2)CC1. The normalized spacial score (nSPS) is 22.8. The molecule has 2 amide bonds. The van der Waals surface area contributed by atoms with Gasteiger partial charge in [-0.1, -0.05) is 30.3 Å². The molecule has 2 aliphatic rings. The van der Waals surface area contributed by atoms with Crippen LogP contribution in [-0.2, 0) is 11.2 Å². The molecule has 0 saturated carbocycles. The average molecular weight is 316 g/mol. The first-order valence-electron chi connectivity index (χ1n) is 8.95. The molecule has 2 aliphatic heterocycles. The largest absolute Gasteiger partial charge is 0.381 e. The lowest BCUT2D eigenvalue weighted by Crippen LogP contribution is -2.46. The molecule has 2 fully saturated rings. The van der Waals surface area contributed by atoms with Gasteiger partial charge < -0.3 is 15.0 Å². The fourth-order valence-corrected chi connectivity index (χ4v) is 3.60. The summed E-state index contributed by atoms with van der Waals surface area (Å²) in [5, 5.41) is 3.09. The summed E-state index contributed by atoms with van der Waals surface area (Å²) in [4.78, 5) is 14.3. The van der Waals surface area contributed by atoms with Gasteiger partial charge in [0.15, 0.2) is 0 Å². The maximum Gasteiger partial charge on any atom is 0.317 e. The molecule has 0 bridgehead atoms. The molecule has 3 rings (SSSR count). The Balaban J connectivity index is 1.37. The Kier molecular flexibility index (Phi) is 5.92. The number of rotatable bonds is 4. The lowest BCUT2D eigenvalue weighted by atomic mass is 9.90. The van der Waals surface area contributed by atoms with E-state index in [0.717, 1.165) is 58.5 Å². The van der Waals surface area contributed by atoms with Gasteiger partial charge in [0.05, 0.1) is 6.61 Å². The summed E-state index contributed by atoms with van der Waals surface area (Å²) in [5.74, 6) is 1.19. The number of ether oxygens (including phenoxy) is 1. The molecular formula is C19H28N2O2. The predicted molar refractivity (Wildman–Crippen MR) is 91.4 cm³/mol. The second-order valence-electron chi connectivity index (χ2n) is 6.89. The van der Waals surface area contributed by atoms with Crippen molar-refractivity contribution in [2.45, 2.75) is 32.1 Å². The van der Waals surface area contributed by atoms with Crippen LogP contribution in [0.1, 0.15) is 31.2 Å². The van der Waals surface area contributed by atoms with E-state index >= 15 is 0 Å². The third-order valence-electron chi connectivity index (χ3n) is 5.07. The van der Waals surface area contributed by atoms with Crippen molar-refractivity contribution >= 4 is 6.03 Å². The van der Waals surface area contributed by atoms with E-state index < -0.39 is 0 Å². The summed E-state index contributed by atoms with van der Waals surface area (Å²) >= 11 is 0. The van der Waals surface area contributed by atoms with Crippen LogP contribution in [0.2, 0.25) is 0 Å². The minimum atomic E-state index is 0.105. The molecule has 0 radical (unpaired) electrons. The first-order chi connectivity index (χ1) is 11.3. The molecule has 1 N–H and O–H groups in total. The highest BCUT2D eigenvalue weighted by atomic mass is 16.5. The van der Waals surface area contributed by atoms with Crippen LogP contribution in [0, 0.1) is 11.8 Å². The quantitative estimate of drug-likeness (QED) is 0.927. The van der Waals surface area contributed by atoms with Crippen molar-refractivity contribution in [3.05, 3.63) is 35.9 Å². The van der Waals surface area contributed by atoms with Crippen LogP contribution >= 0.6 is 0 Å². The number of carbonyl (C=O) groups is 1. The minimum absolute atomic E-state index is 0.105. The summed E-state index contributed by atoms with van der Waals surface area (Å²) in [6.45, 7) is 4.18. The Morgan fingerprint density at radius 3 is 2.61 bits per heavy atom. The van der Waals surface area contributed by atoms with Gasteiger partial charge in [-0.05, 0) is 49.5 Å². The average Bonchev–Trinajstić information content (AvgIpc) is 2.62. The van der Waals surface area contributed by atoms with Crippen LogP contribution in [0.25, 0.3) is 0 Å². The molecule has 1 atom stereocenters. The number of benzene rings is 1. The highest BCUT2D eigenvalue weighted by Crippen LogP contribution is 2.21. The molecule has 4 heteroatoms. The first kappa shape index (κ1) is 16.3. The zero-order valence-corrected chi connectivity index (χ0v) is 13.9. The van der Waals surface area contributed by atoms with Crippen LogP contribution in [0.3, 0.4) is 0 Å². The van der Waals surface area contributed by atoms with Crippen LogP contribution in [0.5, 0.6) is 0 Å². The smallest absolute Gasteiger partial charge is 0.317 e. The van der Waals surface area contributed by atoms with E-state index in [2.05, 4.69) is 35.6 Å². The Labute approximate surface area is 139 Å². The number of nitrogens with zero attached hydrogens (tertiary/aromatic N) is 1. The highest BCUT2D eigenvalue weighted by molar-refractivity contribution is 5.74. The summed E-state index contributed by atoms with van der Waals surface area (Å²) < 4.78 is 5.47. The number of amides is 2. The van der Waals surface area contributed by atoms with Crippen molar-refractivity contribution in [2.75, 3.05) is 32.8 Å². The van der Waals surface area contributed by atoms with Crippen molar-refractivity contribution in [1.29, 1.82) is 0 Å². The van der Waals surface area contributed by atoms with E-state index in [4.69, 9.17) is 4.74 Å². The molecule has 1 aromatic carbocycles. The molecule has 0 aromatic heterocycles. The second kappa shape index (κ2) is 8.34. The standard InChI is InChI=1S/C19H28N2O2/c22-19(20-14-18-7-4-12-23-15-18)21-10-8-17(9-11-21)13-16-5-2-1-3-6-16/h1-3,5-6,17-18H,4,7-15H2,(H,20,22). The number of likely N-dealkylation sites (tertiary alicyclic amines) is 1. The van der Waals surface area contributed by atoms with Gasteiger partial charge in [-0.3, -0.25) is 0 Å². The lowest BCUT2D eigenvalue weighted by Gasteiger charge is -2.32. The number of nitrogens with one attached hydrogen (secondary N) is 1. The van der Waals surface area contributed by atoms with Crippen LogP contribution in [0.15, 0.2) is 30.3 Å². The molecule has 2 saturated heterocycles. The predicted octanol–water partition coefficient (Wildman–Crippen LogP) is 3.08. The van der Waals surface area contributed by atoms with Gasteiger partial charge >= 0.3 is 6.03 Å². The maximum absolute atomic E-state index is 12.3. The van der Waals surface area contributed by atoms with Crippen LogP contribution in [-0.4, -0.2) is 43.8 Å². The molecule has 1 aromatic rings. The van der Waals surface area contributed by atoms with Crippen LogP contribution < -0.4 is 5.32 Å². The zero-order chi connectivity index (χ0) is 15.9. The topological polar surface area (TPSA) is 41.6 Å². The third-order valence-corrected chi connectivity index (χ3v) is 5.07. The maximum atomic E-state index is 12.3. The second-order valence-corrected chi connectivity index (χ2v) is 6.89. The van der Waals surface area contributed by atoms with Gasteiger partial charge in [0.25, 0.3) is 0 Å². The molecule has 4 nitrogen and oxygen atoms in total. The number of piperidine rings is 1. The van der Waals surface area contributed by atoms with Crippen molar-refractivity contribution in [3.63, 3.8) is 0 Å².